The minimum atomic E-state index is -0.770. The van der Waals surface area contributed by atoms with E-state index >= 15 is 0 Å². The number of thiazole rings is 1. The third-order valence-electron chi connectivity index (χ3n) is 3.49. The monoisotopic (exact) mass is 376 g/mol. The van der Waals surface area contributed by atoms with Crippen molar-refractivity contribution >= 4 is 38.7 Å². The van der Waals surface area contributed by atoms with Crippen LogP contribution in [0.5, 0.6) is 11.5 Å². The lowest BCUT2D eigenvalue weighted by Crippen LogP contribution is -2.07. The number of anilines is 1. The van der Waals surface area contributed by atoms with Crippen molar-refractivity contribution in [3.8, 4) is 11.5 Å². The molecule has 134 valence electrons. The minimum absolute atomic E-state index is 0.0187. The molecule has 1 N–H and O–H groups in total. The molecule has 0 bridgehead atoms. The number of aromatic nitrogens is 1. The van der Waals surface area contributed by atoms with Gasteiger partial charge in [-0.05, 0) is 30.3 Å². The number of nitrogens with one attached hydrogen (secondary N) is 1. The average Bonchev–Trinajstić information content (AvgIpc) is 3.02. The molecule has 3 rings (SSSR count). The van der Waals surface area contributed by atoms with Crippen LogP contribution >= 0.6 is 11.3 Å². The Morgan fingerprint density at radius 1 is 1.19 bits per heavy atom. The molecule has 0 aliphatic heterocycles. The van der Waals surface area contributed by atoms with Crippen LogP contribution in [-0.4, -0.2) is 25.1 Å². The van der Waals surface area contributed by atoms with Crippen molar-refractivity contribution in [3.05, 3.63) is 53.6 Å². The van der Waals surface area contributed by atoms with E-state index in [1.807, 2.05) is 0 Å². The third-order valence-corrected chi connectivity index (χ3v) is 4.41. The molecule has 0 unspecified atom stereocenters. The van der Waals surface area contributed by atoms with Gasteiger partial charge in [0.25, 0.3) is 0 Å². The summed E-state index contributed by atoms with van der Waals surface area (Å²) in [4.78, 5) is 16.1. The summed E-state index contributed by atoms with van der Waals surface area (Å²) >= 11 is 0.988. The van der Waals surface area contributed by atoms with Crippen molar-refractivity contribution in [2.75, 3.05) is 19.5 Å². The Balaban J connectivity index is 1.79. The Hall–Kier alpha value is -3.00. The zero-order valence-corrected chi connectivity index (χ0v) is 14.7. The number of halogens is 2. The normalized spacial score (nSPS) is 11.1. The molecule has 0 radical (unpaired) electrons. The Kier molecular flexibility index (Phi) is 5.13. The van der Waals surface area contributed by atoms with Gasteiger partial charge in [0.1, 0.15) is 22.8 Å². The Morgan fingerprint density at radius 3 is 2.73 bits per heavy atom. The summed E-state index contributed by atoms with van der Waals surface area (Å²) < 4.78 is 37.6. The quantitative estimate of drug-likeness (QED) is 0.677. The third kappa shape index (κ3) is 3.80. The number of fused-ring (bicyclic) bond motifs is 1. The highest BCUT2D eigenvalue weighted by molar-refractivity contribution is 7.22. The largest absolute Gasteiger partial charge is 0.497 e. The standard InChI is InChI=1S/C18H14F2N2O3S/c1-24-12-4-5-14(25-2)10(7-12)3-6-16(23)21-18-22-17-13(20)8-11(19)9-15(17)26-18/h3-9H,1-2H3,(H,21,22,23)/b6-3+. The van der Waals surface area contributed by atoms with Crippen molar-refractivity contribution in [1.29, 1.82) is 0 Å². The maximum Gasteiger partial charge on any atom is 0.250 e. The molecule has 1 amide bonds. The molecular formula is C18H14F2N2O3S. The van der Waals surface area contributed by atoms with Crippen LogP contribution in [0.15, 0.2) is 36.4 Å². The molecule has 8 heteroatoms. The number of rotatable bonds is 5. The van der Waals surface area contributed by atoms with E-state index in [-0.39, 0.29) is 10.6 Å². The van der Waals surface area contributed by atoms with Crippen LogP contribution in [0, 0.1) is 11.6 Å². The van der Waals surface area contributed by atoms with Crippen molar-refractivity contribution in [2.24, 2.45) is 0 Å². The molecular weight excluding hydrogens is 362 g/mol. The van der Waals surface area contributed by atoms with Gasteiger partial charge in [-0.3, -0.25) is 10.1 Å². The topological polar surface area (TPSA) is 60.5 Å². The first kappa shape index (κ1) is 17.8. The fraction of sp³-hybridized carbons (Fsp3) is 0.111. The Bertz CT molecular complexity index is 1000. The molecule has 0 spiro atoms. The molecule has 1 heterocycles. The molecule has 2 aromatic carbocycles. The van der Waals surface area contributed by atoms with Gasteiger partial charge in [0.2, 0.25) is 5.91 Å². The maximum absolute atomic E-state index is 13.7. The zero-order valence-electron chi connectivity index (χ0n) is 13.9. The first-order valence-electron chi connectivity index (χ1n) is 7.47. The van der Waals surface area contributed by atoms with Gasteiger partial charge in [-0.15, -0.1) is 0 Å². The second kappa shape index (κ2) is 7.49. The SMILES string of the molecule is COc1ccc(OC)c(/C=C/C(=O)Nc2nc3c(F)cc(F)cc3s2)c1. The van der Waals surface area contributed by atoms with E-state index in [1.54, 1.807) is 24.3 Å². The molecule has 0 aliphatic carbocycles. The van der Waals surface area contributed by atoms with Crippen molar-refractivity contribution < 1.29 is 23.0 Å². The summed E-state index contributed by atoms with van der Waals surface area (Å²) in [6, 6.07) is 7.11. The van der Waals surface area contributed by atoms with Crippen molar-refractivity contribution in [3.63, 3.8) is 0 Å². The van der Waals surface area contributed by atoms with E-state index in [0.29, 0.717) is 21.8 Å². The average molecular weight is 376 g/mol. The van der Waals surface area contributed by atoms with Crippen LogP contribution in [0.1, 0.15) is 5.56 Å². The molecule has 0 aliphatic rings. The number of nitrogens with zero attached hydrogens (tertiary/aromatic N) is 1. The van der Waals surface area contributed by atoms with Gasteiger partial charge in [-0.2, -0.15) is 0 Å². The predicted octanol–water partition coefficient (Wildman–Crippen LogP) is 4.24. The number of methoxy groups -OCH3 is 2. The number of amides is 1. The molecule has 0 atom stereocenters. The van der Waals surface area contributed by atoms with Crippen LogP contribution in [-0.2, 0) is 4.79 Å². The van der Waals surface area contributed by atoms with Crippen LogP contribution in [0.25, 0.3) is 16.3 Å². The fourth-order valence-electron chi connectivity index (χ4n) is 2.29. The molecule has 5 nitrogen and oxygen atoms in total. The molecule has 0 saturated heterocycles. The van der Waals surface area contributed by atoms with Gasteiger partial charge in [0.05, 0.1) is 18.9 Å². The highest BCUT2D eigenvalue weighted by atomic mass is 32.1. The molecule has 26 heavy (non-hydrogen) atoms. The smallest absolute Gasteiger partial charge is 0.250 e. The number of ether oxygens (including phenoxy) is 2. The minimum Gasteiger partial charge on any atom is -0.497 e. The molecule has 0 saturated carbocycles. The first-order valence-corrected chi connectivity index (χ1v) is 8.28. The summed E-state index contributed by atoms with van der Waals surface area (Å²) in [6.07, 6.45) is 2.85. The zero-order chi connectivity index (χ0) is 18.7. The second-order valence-electron chi connectivity index (χ2n) is 5.18. The highest BCUT2D eigenvalue weighted by Gasteiger charge is 2.12. The lowest BCUT2D eigenvalue weighted by Gasteiger charge is -2.07. The number of carbonyl (C=O) groups excluding carboxylic acids is 1. The van der Waals surface area contributed by atoms with Crippen LogP contribution in [0.3, 0.4) is 0 Å². The van der Waals surface area contributed by atoms with E-state index in [2.05, 4.69) is 10.3 Å². The van der Waals surface area contributed by atoms with Gasteiger partial charge in [0, 0.05) is 17.7 Å². The van der Waals surface area contributed by atoms with Gasteiger partial charge < -0.3 is 9.47 Å². The summed E-state index contributed by atoms with van der Waals surface area (Å²) in [7, 11) is 3.06. The summed E-state index contributed by atoms with van der Waals surface area (Å²) in [5, 5.41) is 2.71. The summed E-state index contributed by atoms with van der Waals surface area (Å²) in [6.45, 7) is 0. The first-order chi connectivity index (χ1) is 12.5. The predicted molar refractivity (Wildman–Crippen MR) is 96.7 cm³/mol. The Morgan fingerprint density at radius 2 is 2.00 bits per heavy atom. The van der Waals surface area contributed by atoms with E-state index in [1.165, 1.54) is 26.4 Å². The van der Waals surface area contributed by atoms with E-state index in [4.69, 9.17) is 9.47 Å². The lowest BCUT2D eigenvalue weighted by atomic mass is 10.1. The second-order valence-corrected chi connectivity index (χ2v) is 6.21. The lowest BCUT2D eigenvalue weighted by molar-refractivity contribution is -0.111. The number of benzene rings is 2. The number of hydrogen-bond acceptors (Lipinski definition) is 5. The molecule has 1 aromatic heterocycles. The van der Waals surface area contributed by atoms with E-state index in [9.17, 15) is 13.6 Å². The van der Waals surface area contributed by atoms with Crippen molar-refractivity contribution in [2.45, 2.75) is 0 Å². The van der Waals surface area contributed by atoms with Crippen LogP contribution < -0.4 is 14.8 Å². The van der Waals surface area contributed by atoms with E-state index < -0.39 is 17.5 Å². The van der Waals surface area contributed by atoms with Crippen molar-refractivity contribution in [1.82, 2.24) is 4.98 Å². The van der Waals surface area contributed by atoms with Gasteiger partial charge in [-0.25, -0.2) is 13.8 Å². The highest BCUT2D eigenvalue weighted by Crippen LogP contribution is 2.29. The van der Waals surface area contributed by atoms with E-state index in [0.717, 1.165) is 17.4 Å². The maximum atomic E-state index is 13.7. The summed E-state index contributed by atoms with van der Waals surface area (Å²) in [5.74, 6) is -0.730. The fourth-order valence-corrected chi connectivity index (χ4v) is 3.20. The number of hydrogen-bond donors (Lipinski definition) is 1. The van der Waals surface area contributed by atoms with Crippen LogP contribution in [0.4, 0.5) is 13.9 Å². The van der Waals surface area contributed by atoms with Crippen LogP contribution in [0.2, 0.25) is 0 Å². The van der Waals surface area contributed by atoms with Gasteiger partial charge in [0.15, 0.2) is 10.9 Å². The number of carbonyl (C=O) groups is 1. The molecule has 0 fully saturated rings. The van der Waals surface area contributed by atoms with Gasteiger partial charge >= 0.3 is 0 Å². The molecule has 3 aromatic rings. The van der Waals surface area contributed by atoms with Gasteiger partial charge in [-0.1, -0.05) is 11.3 Å². The Labute approximate surface area is 151 Å². The summed E-state index contributed by atoms with van der Waals surface area (Å²) in [5.41, 5.74) is 0.671.